The van der Waals surface area contributed by atoms with Gasteiger partial charge in [-0.2, -0.15) is 0 Å². The molecule has 3 aromatic carbocycles. The Morgan fingerprint density at radius 1 is 0.929 bits per heavy atom. The summed E-state index contributed by atoms with van der Waals surface area (Å²) in [5.41, 5.74) is 9.59. The van der Waals surface area contributed by atoms with Gasteiger partial charge in [0.25, 0.3) is 0 Å². The van der Waals surface area contributed by atoms with Crippen LogP contribution in [-0.4, -0.2) is 17.3 Å². The van der Waals surface area contributed by atoms with Gasteiger partial charge in [0, 0.05) is 15.3 Å². The third-order valence-electron chi connectivity index (χ3n) is 5.24. The maximum absolute atomic E-state index is 9.58. The van der Waals surface area contributed by atoms with E-state index < -0.39 is 5.54 Å². The highest BCUT2D eigenvalue weighted by Gasteiger charge is 2.29. The molecule has 4 heteroatoms. The van der Waals surface area contributed by atoms with E-state index in [1.54, 1.807) is 11.8 Å². The number of hydrogen-bond donors (Lipinski definition) is 2. The normalized spacial score (nSPS) is 18.5. The van der Waals surface area contributed by atoms with Gasteiger partial charge in [-0.25, -0.2) is 0 Å². The number of rotatable bonds is 6. The number of fused-ring (bicyclic) bond motifs is 1. The van der Waals surface area contributed by atoms with E-state index in [1.807, 2.05) is 30.3 Å². The molecule has 0 amide bonds. The molecular formula is C24H25NO2S. The van der Waals surface area contributed by atoms with Crippen LogP contribution in [0.5, 0.6) is 5.75 Å². The van der Waals surface area contributed by atoms with E-state index in [4.69, 9.17) is 10.5 Å². The predicted octanol–water partition coefficient (Wildman–Crippen LogP) is 4.60. The molecule has 3 aromatic rings. The van der Waals surface area contributed by atoms with Crippen molar-refractivity contribution in [2.75, 3.05) is 6.61 Å². The van der Waals surface area contributed by atoms with Crippen LogP contribution in [0.25, 0.3) is 0 Å². The number of aliphatic hydroxyl groups is 1. The Bertz CT molecular complexity index is 927. The molecule has 0 aromatic heterocycles. The SMILES string of the molecule is NC1(CO)CCc2ccc(Sc3ccc(OCc4ccccc4)cc3)cc2C1. The van der Waals surface area contributed by atoms with Crippen molar-refractivity contribution in [2.24, 2.45) is 5.73 Å². The Kier molecular flexibility index (Phi) is 5.72. The highest BCUT2D eigenvalue weighted by molar-refractivity contribution is 7.99. The molecule has 0 bridgehead atoms. The van der Waals surface area contributed by atoms with Crippen molar-refractivity contribution in [2.45, 2.75) is 41.2 Å². The smallest absolute Gasteiger partial charge is 0.119 e. The monoisotopic (exact) mass is 391 g/mol. The average Bonchev–Trinajstić information content (AvgIpc) is 2.74. The van der Waals surface area contributed by atoms with Gasteiger partial charge in [-0.05, 0) is 72.4 Å². The van der Waals surface area contributed by atoms with Crippen LogP contribution in [0.1, 0.15) is 23.1 Å². The Morgan fingerprint density at radius 2 is 1.68 bits per heavy atom. The van der Waals surface area contributed by atoms with Crippen LogP contribution in [0.15, 0.2) is 82.6 Å². The fraction of sp³-hybridized carbons (Fsp3) is 0.250. The number of nitrogens with two attached hydrogens (primary N) is 1. The molecular weight excluding hydrogens is 366 g/mol. The van der Waals surface area contributed by atoms with Crippen molar-refractivity contribution in [3.63, 3.8) is 0 Å². The molecule has 1 aliphatic carbocycles. The minimum atomic E-state index is -0.478. The van der Waals surface area contributed by atoms with Gasteiger partial charge in [-0.3, -0.25) is 0 Å². The first-order chi connectivity index (χ1) is 13.6. The zero-order chi connectivity index (χ0) is 19.4. The fourth-order valence-electron chi connectivity index (χ4n) is 3.54. The minimum absolute atomic E-state index is 0.0360. The fourth-order valence-corrected chi connectivity index (χ4v) is 4.42. The first kappa shape index (κ1) is 19.1. The molecule has 0 heterocycles. The van der Waals surface area contributed by atoms with Crippen molar-refractivity contribution in [1.82, 2.24) is 0 Å². The molecule has 0 saturated carbocycles. The summed E-state index contributed by atoms with van der Waals surface area (Å²) < 4.78 is 5.86. The third-order valence-corrected chi connectivity index (χ3v) is 6.23. The molecule has 0 fully saturated rings. The van der Waals surface area contributed by atoms with Crippen LogP contribution in [0.4, 0.5) is 0 Å². The first-order valence-corrected chi connectivity index (χ1v) is 10.4. The summed E-state index contributed by atoms with van der Waals surface area (Å²) in [6.07, 6.45) is 2.51. The van der Waals surface area contributed by atoms with Gasteiger partial charge in [0.15, 0.2) is 0 Å². The quantitative estimate of drug-likeness (QED) is 0.645. The van der Waals surface area contributed by atoms with Crippen LogP contribution in [0.2, 0.25) is 0 Å². The second kappa shape index (κ2) is 8.39. The van der Waals surface area contributed by atoms with Gasteiger partial charge >= 0.3 is 0 Å². The lowest BCUT2D eigenvalue weighted by molar-refractivity contribution is 0.181. The van der Waals surface area contributed by atoms with Crippen LogP contribution < -0.4 is 10.5 Å². The summed E-state index contributed by atoms with van der Waals surface area (Å²) in [6, 6.07) is 25.0. The highest BCUT2D eigenvalue weighted by atomic mass is 32.2. The van der Waals surface area contributed by atoms with Crippen molar-refractivity contribution in [1.29, 1.82) is 0 Å². The zero-order valence-electron chi connectivity index (χ0n) is 15.8. The molecule has 3 N–H and O–H groups in total. The second-order valence-corrected chi connectivity index (χ2v) is 8.62. The third kappa shape index (κ3) is 4.58. The summed E-state index contributed by atoms with van der Waals surface area (Å²) in [4.78, 5) is 2.36. The van der Waals surface area contributed by atoms with E-state index in [0.29, 0.717) is 6.61 Å². The van der Waals surface area contributed by atoms with E-state index in [9.17, 15) is 5.11 Å². The molecule has 1 atom stereocenters. The van der Waals surface area contributed by atoms with Gasteiger partial charge in [-0.1, -0.05) is 48.2 Å². The minimum Gasteiger partial charge on any atom is -0.489 e. The molecule has 0 radical (unpaired) electrons. The molecule has 144 valence electrons. The standard InChI is InChI=1S/C24H25NO2S/c25-24(17-26)13-12-19-6-9-23(14-20(19)15-24)28-22-10-7-21(8-11-22)27-16-18-4-2-1-3-5-18/h1-11,14,26H,12-13,15-17,25H2. The largest absolute Gasteiger partial charge is 0.489 e. The maximum Gasteiger partial charge on any atom is 0.119 e. The summed E-state index contributed by atoms with van der Waals surface area (Å²) >= 11 is 1.73. The van der Waals surface area contributed by atoms with E-state index >= 15 is 0 Å². The molecule has 1 aliphatic rings. The van der Waals surface area contributed by atoms with Crippen molar-refractivity contribution < 1.29 is 9.84 Å². The maximum atomic E-state index is 9.58. The molecule has 4 rings (SSSR count). The number of hydrogen-bond acceptors (Lipinski definition) is 4. The van der Waals surface area contributed by atoms with Crippen molar-refractivity contribution >= 4 is 11.8 Å². The lowest BCUT2D eigenvalue weighted by Gasteiger charge is -2.33. The van der Waals surface area contributed by atoms with E-state index in [1.165, 1.54) is 20.9 Å². The summed E-state index contributed by atoms with van der Waals surface area (Å²) in [6.45, 7) is 0.609. The predicted molar refractivity (Wildman–Crippen MR) is 114 cm³/mol. The van der Waals surface area contributed by atoms with Crippen LogP contribution in [-0.2, 0) is 19.4 Å². The summed E-state index contributed by atoms with van der Waals surface area (Å²) in [5.74, 6) is 0.870. The van der Waals surface area contributed by atoms with Gasteiger partial charge in [0.05, 0.1) is 6.61 Å². The van der Waals surface area contributed by atoms with Gasteiger partial charge < -0.3 is 15.6 Å². The Morgan fingerprint density at radius 3 is 2.43 bits per heavy atom. The molecule has 0 aliphatic heterocycles. The van der Waals surface area contributed by atoms with Gasteiger partial charge in [0.2, 0.25) is 0 Å². The summed E-state index contributed by atoms with van der Waals surface area (Å²) in [5, 5.41) is 9.58. The molecule has 0 spiro atoms. The van der Waals surface area contributed by atoms with Crippen LogP contribution >= 0.6 is 11.8 Å². The number of ether oxygens (including phenoxy) is 1. The lowest BCUT2D eigenvalue weighted by atomic mass is 9.79. The lowest BCUT2D eigenvalue weighted by Crippen LogP contribution is -2.48. The Labute approximate surface area is 170 Å². The van der Waals surface area contributed by atoms with Gasteiger partial charge in [-0.15, -0.1) is 0 Å². The van der Waals surface area contributed by atoms with E-state index in [-0.39, 0.29) is 6.61 Å². The molecule has 0 saturated heterocycles. The molecule has 28 heavy (non-hydrogen) atoms. The molecule has 3 nitrogen and oxygen atoms in total. The Balaban J connectivity index is 1.40. The molecule has 1 unspecified atom stereocenters. The van der Waals surface area contributed by atoms with E-state index in [2.05, 4.69) is 42.5 Å². The van der Waals surface area contributed by atoms with E-state index in [0.717, 1.165) is 30.6 Å². The topological polar surface area (TPSA) is 55.5 Å². The van der Waals surface area contributed by atoms with Crippen LogP contribution in [0.3, 0.4) is 0 Å². The van der Waals surface area contributed by atoms with Gasteiger partial charge in [0.1, 0.15) is 12.4 Å². The summed E-state index contributed by atoms with van der Waals surface area (Å²) in [7, 11) is 0. The van der Waals surface area contributed by atoms with Crippen molar-refractivity contribution in [3.8, 4) is 5.75 Å². The highest BCUT2D eigenvalue weighted by Crippen LogP contribution is 2.34. The second-order valence-electron chi connectivity index (χ2n) is 7.48. The number of aryl methyl sites for hydroxylation is 1. The van der Waals surface area contributed by atoms with Crippen LogP contribution in [0, 0.1) is 0 Å². The first-order valence-electron chi connectivity index (χ1n) is 9.60. The number of benzene rings is 3. The average molecular weight is 392 g/mol. The van der Waals surface area contributed by atoms with Crippen molar-refractivity contribution in [3.05, 3.63) is 89.5 Å². The zero-order valence-corrected chi connectivity index (χ0v) is 16.6. The Hall–Kier alpha value is -2.27. The number of aliphatic hydroxyl groups excluding tert-OH is 1.